The summed E-state index contributed by atoms with van der Waals surface area (Å²) in [6, 6.07) is 7.79. The minimum atomic E-state index is -0.271. The molecule has 1 aromatic rings. The van der Waals surface area contributed by atoms with Gasteiger partial charge >= 0.3 is 0 Å². The van der Waals surface area contributed by atoms with Gasteiger partial charge < -0.3 is 15.4 Å². The average Bonchev–Trinajstić information content (AvgIpc) is 2.65. The fourth-order valence-electron chi connectivity index (χ4n) is 2.17. The van der Waals surface area contributed by atoms with E-state index in [1.54, 1.807) is 7.11 Å². The third-order valence-electron chi connectivity index (χ3n) is 2.96. The van der Waals surface area contributed by atoms with E-state index >= 15 is 0 Å². The molecule has 0 fully saturated rings. The highest BCUT2D eigenvalue weighted by Gasteiger charge is 2.32. The highest BCUT2D eigenvalue weighted by molar-refractivity contribution is 5.86. The van der Waals surface area contributed by atoms with Gasteiger partial charge in [0.1, 0.15) is 6.04 Å². The van der Waals surface area contributed by atoms with Crippen molar-refractivity contribution in [2.75, 3.05) is 25.2 Å². The number of fused-ring (bicyclic) bond motifs is 1. The van der Waals surface area contributed by atoms with Gasteiger partial charge in [0.15, 0.2) is 0 Å². The molecule has 16 heavy (non-hydrogen) atoms. The smallest absolute Gasteiger partial charge is 0.240 e. The van der Waals surface area contributed by atoms with Crippen molar-refractivity contribution in [2.24, 2.45) is 5.73 Å². The first-order valence-corrected chi connectivity index (χ1v) is 5.37. The van der Waals surface area contributed by atoms with Crippen molar-refractivity contribution in [3.8, 4) is 0 Å². The van der Waals surface area contributed by atoms with Gasteiger partial charge in [-0.3, -0.25) is 4.79 Å². The fourth-order valence-corrected chi connectivity index (χ4v) is 2.17. The number of nitrogens with zero attached hydrogens (tertiary/aromatic N) is 1. The minimum absolute atomic E-state index is 0.229. The van der Waals surface area contributed by atoms with Crippen molar-refractivity contribution in [2.45, 2.75) is 12.5 Å². The van der Waals surface area contributed by atoms with Crippen molar-refractivity contribution in [3.63, 3.8) is 0 Å². The molecule has 1 aliphatic rings. The number of carbonyl (C=O) groups is 1. The molecular formula is C12H16N2O2. The summed E-state index contributed by atoms with van der Waals surface area (Å²) < 4.78 is 5.05. The van der Waals surface area contributed by atoms with Crippen molar-refractivity contribution in [1.29, 1.82) is 0 Å². The predicted molar refractivity (Wildman–Crippen MR) is 62.4 cm³/mol. The summed E-state index contributed by atoms with van der Waals surface area (Å²) in [6.07, 6.45) is 0.704. The first-order chi connectivity index (χ1) is 7.74. The minimum Gasteiger partial charge on any atom is -0.383 e. The van der Waals surface area contributed by atoms with E-state index in [0.29, 0.717) is 19.6 Å². The van der Waals surface area contributed by atoms with Crippen LogP contribution in [0.3, 0.4) is 0 Å². The molecule has 1 aliphatic heterocycles. The number of hydrogen-bond acceptors (Lipinski definition) is 3. The van der Waals surface area contributed by atoms with Gasteiger partial charge in [0.05, 0.1) is 6.61 Å². The van der Waals surface area contributed by atoms with Crippen LogP contribution in [0.1, 0.15) is 5.56 Å². The van der Waals surface area contributed by atoms with E-state index in [0.717, 1.165) is 5.69 Å². The van der Waals surface area contributed by atoms with Crippen LogP contribution in [0.4, 0.5) is 5.69 Å². The first-order valence-electron chi connectivity index (χ1n) is 5.37. The number of anilines is 1. The Bertz CT molecular complexity index is 392. The number of amides is 1. The number of ether oxygens (including phenoxy) is 1. The lowest BCUT2D eigenvalue weighted by Gasteiger charge is -2.24. The molecule has 0 spiro atoms. The van der Waals surface area contributed by atoms with Gasteiger partial charge in [0.25, 0.3) is 0 Å². The van der Waals surface area contributed by atoms with Crippen molar-refractivity contribution >= 4 is 11.6 Å². The van der Waals surface area contributed by atoms with Crippen LogP contribution in [0.5, 0.6) is 0 Å². The second-order valence-electron chi connectivity index (χ2n) is 3.94. The van der Waals surface area contributed by atoms with Crippen LogP contribution in [-0.2, 0) is 16.0 Å². The summed E-state index contributed by atoms with van der Waals surface area (Å²) in [4.78, 5) is 13.4. The molecule has 1 heterocycles. The monoisotopic (exact) mass is 220 g/mol. The van der Waals surface area contributed by atoms with E-state index in [-0.39, 0.29) is 11.9 Å². The topological polar surface area (TPSA) is 55.6 Å². The molecular weight excluding hydrogens is 204 g/mol. The molecule has 0 radical (unpaired) electrons. The molecule has 4 nitrogen and oxygen atoms in total. The van der Waals surface area contributed by atoms with Crippen molar-refractivity contribution < 1.29 is 9.53 Å². The normalized spacial score (nSPS) is 18.6. The van der Waals surface area contributed by atoms with Crippen LogP contribution < -0.4 is 10.6 Å². The Hall–Kier alpha value is -1.55. The zero-order valence-corrected chi connectivity index (χ0v) is 9.35. The predicted octanol–water partition coefficient (Wildman–Crippen LogP) is 0.549. The molecule has 86 valence electrons. The Balaban J connectivity index is 2.25. The molecule has 0 saturated carbocycles. The van der Waals surface area contributed by atoms with Gasteiger partial charge in [-0.2, -0.15) is 0 Å². The van der Waals surface area contributed by atoms with Crippen LogP contribution in [0, 0.1) is 0 Å². The summed E-state index contributed by atoms with van der Waals surface area (Å²) in [6.45, 7) is 1.29. The van der Waals surface area contributed by atoms with Crippen LogP contribution in [0.15, 0.2) is 24.3 Å². The van der Waals surface area contributed by atoms with Gasteiger partial charge in [-0.05, 0) is 11.6 Å². The SMILES string of the molecule is COCCN1c2ccccc2C[C@H]1C(N)=O. The number of primary amides is 1. The number of benzene rings is 1. The maximum absolute atomic E-state index is 11.4. The highest BCUT2D eigenvalue weighted by Crippen LogP contribution is 2.31. The van der Waals surface area contributed by atoms with Gasteiger partial charge in [0.2, 0.25) is 5.91 Å². The maximum atomic E-state index is 11.4. The zero-order chi connectivity index (χ0) is 11.5. The lowest BCUT2D eigenvalue weighted by Crippen LogP contribution is -2.44. The maximum Gasteiger partial charge on any atom is 0.240 e. The molecule has 0 aliphatic carbocycles. The van der Waals surface area contributed by atoms with Crippen molar-refractivity contribution in [3.05, 3.63) is 29.8 Å². The Kier molecular flexibility index (Phi) is 3.10. The van der Waals surface area contributed by atoms with Gasteiger partial charge in [-0.25, -0.2) is 0 Å². The van der Waals surface area contributed by atoms with E-state index in [1.165, 1.54) is 5.56 Å². The average molecular weight is 220 g/mol. The first kappa shape index (κ1) is 11.0. The molecule has 1 atom stereocenters. The van der Waals surface area contributed by atoms with Crippen LogP contribution in [0.25, 0.3) is 0 Å². The molecule has 0 unspecified atom stereocenters. The molecule has 1 amide bonds. The summed E-state index contributed by atoms with van der Waals surface area (Å²) in [7, 11) is 1.65. The van der Waals surface area contributed by atoms with Crippen LogP contribution >= 0.6 is 0 Å². The van der Waals surface area contributed by atoms with Crippen molar-refractivity contribution in [1.82, 2.24) is 0 Å². The molecule has 1 aromatic carbocycles. The van der Waals surface area contributed by atoms with Crippen LogP contribution in [0.2, 0.25) is 0 Å². The standard InChI is InChI=1S/C12H16N2O2/c1-16-7-6-14-10-5-3-2-4-9(10)8-11(14)12(13)15/h2-5,11H,6-8H2,1H3,(H2,13,15)/t11-/m0/s1. The summed E-state index contributed by atoms with van der Waals surface area (Å²) in [5.74, 6) is -0.271. The zero-order valence-electron chi connectivity index (χ0n) is 9.35. The number of nitrogens with two attached hydrogens (primary N) is 1. The Morgan fingerprint density at radius 2 is 2.31 bits per heavy atom. The highest BCUT2D eigenvalue weighted by atomic mass is 16.5. The van der Waals surface area contributed by atoms with E-state index in [1.807, 2.05) is 29.2 Å². The largest absolute Gasteiger partial charge is 0.383 e. The Morgan fingerprint density at radius 3 is 3.00 bits per heavy atom. The lowest BCUT2D eigenvalue weighted by atomic mass is 10.1. The van der Waals surface area contributed by atoms with Crippen LogP contribution in [-0.4, -0.2) is 32.2 Å². The Morgan fingerprint density at radius 1 is 1.56 bits per heavy atom. The third kappa shape index (κ3) is 1.88. The molecule has 2 rings (SSSR count). The number of carbonyl (C=O) groups excluding carboxylic acids is 1. The molecule has 4 heteroatoms. The second-order valence-corrected chi connectivity index (χ2v) is 3.94. The fraction of sp³-hybridized carbons (Fsp3) is 0.417. The van der Waals surface area contributed by atoms with E-state index < -0.39 is 0 Å². The summed E-state index contributed by atoms with van der Waals surface area (Å²) in [5.41, 5.74) is 7.70. The third-order valence-corrected chi connectivity index (χ3v) is 2.96. The number of methoxy groups -OCH3 is 1. The summed E-state index contributed by atoms with van der Waals surface area (Å²) in [5, 5.41) is 0. The molecule has 2 N–H and O–H groups in total. The number of hydrogen-bond donors (Lipinski definition) is 1. The molecule has 0 saturated heterocycles. The quantitative estimate of drug-likeness (QED) is 0.806. The van der Waals surface area contributed by atoms with Gasteiger partial charge in [0, 0.05) is 25.8 Å². The summed E-state index contributed by atoms with van der Waals surface area (Å²) >= 11 is 0. The number of rotatable bonds is 4. The Labute approximate surface area is 95.0 Å². The second kappa shape index (κ2) is 4.53. The van der Waals surface area contributed by atoms with Gasteiger partial charge in [-0.1, -0.05) is 18.2 Å². The van der Waals surface area contributed by atoms with E-state index in [4.69, 9.17) is 10.5 Å². The van der Waals surface area contributed by atoms with Gasteiger partial charge in [-0.15, -0.1) is 0 Å². The lowest BCUT2D eigenvalue weighted by molar-refractivity contribution is -0.119. The number of para-hydroxylation sites is 1. The van der Waals surface area contributed by atoms with E-state index in [9.17, 15) is 4.79 Å². The van der Waals surface area contributed by atoms with E-state index in [2.05, 4.69) is 0 Å². The molecule has 0 aromatic heterocycles. The molecule has 0 bridgehead atoms.